The van der Waals surface area contributed by atoms with Crippen LogP contribution in [0.15, 0.2) is 47.4 Å². The van der Waals surface area contributed by atoms with Gasteiger partial charge in [0.15, 0.2) is 6.61 Å². The summed E-state index contributed by atoms with van der Waals surface area (Å²) >= 11 is 0. The van der Waals surface area contributed by atoms with Crippen molar-refractivity contribution < 1.29 is 17.9 Å². The highest BCUT2D eigenvalue weighted by molar-refractivity contribution is 7.89. The molecule has 30 heavy (non-hydrogen) atoms. The molecule has 2 aromatic rings. The maximum absolute atomic E-state index is 12.9. The number of aryl methyl sites for hydroxylation is 1. The SMILES string of the molecule is N#Cc1ccccc1OCC(=O)N1CCCc2cc(S(=O)(=O)N3CCCC3)ccc21. The first-order valence-corrected chi connectivity index (χ1v) is 11.5. The number of hydrogen-bond acceptors (Lipinski definition) is 5. The van der Waals surface area contributed by atoms with Crippen LogP contribution in [0, 0.1) is 11.3 Å². The first kappa shape index (κ1) is 20.4. The summed E-state index contributed by atoms with van der Waals surface area (Å²) in [6.07, 6.45) is 3.25. The summed E-state index contributed by atoms with van der Waals surface area (Å²) in [7, 11) is -3.49. The highest BCUT2D eigenvalue weighted by Gasteiger charge is 2.29. The van der Waals surface area contributed by atoms with Crippen molar-refractivity contribution in [2.75, 3.05) is 31.1 Å². The number of fused-ring (bicyclic) bond motifs is 1. The molecule has 1 saturated heterocycles. The number of anilines is 1. The van der Waals surface area contributed by atoms with Gasteiger partial charge < -0.3 is 9.64 Å². The third-order valence-electron chi connectivity index (χ3n) is 5.53. The molecule has 0 radical (unpaired) electrons. The Labute approximate surface area is 176 Å². The monoisotopic (exact) mass is 425 g/mol. The van der Waals surface area contributed by atoms with Gasteiger partial charge in [-0.3, -0.25) is 4.79 Å². The number of nitrogens with zero attached hydrogens (tertiary/aromatic N) is 3. The van der Waals surface area contributed by atoms with Gasteiger partial charge in [-0.2, -0.15) is 9.57 Å². The van der Waals surface area contributed by atoms with Gasteiger partial charge in [-0.15, -0.1) is 0 Å². The highest BCUT2D eigenvalue weighted by atomic mass is 32.2. The molecule has 0 atom stereocenters. The van der Waals surface area contributed by atoms with E-state index in [1.807, 2.05) is 6.07 Å². The van der Waals surface area contributed by atoms with Crippen LogP contribution >= 0.6 is 0 Å². The fraction of sp³-hybridized carbons (Fsp3) is 0.364. The van der Waals surface area contributed by atoms with Crippen molar-refractivity contribution in [3.8, 4) is 11.8 Å². The quantitative estimate of drug-likeness (QED) is 0.735. The Hall–Kier alpha value is -2.89. The third-order valence-corrected chi connectivity index (χ3v) is 7.43. The minimum absolute atomic E-state index is 0.189. The molecular weight excluding hydrogens is 402 g/mol. The lowest BCUT2D eigenvalue weighted by atomic mass is 10.0. The molecule has 2 aromatic carbocycles. The van der Waals surface area contributed by atoms with E-state index in [-0.39, 0.29) is 17.4 Å². The Morgan fingerprint density at radius 3 is 2.60 bits per heavy atom. The molecular formula is C22H23N3O4S. The summed E-state index contributed by atoms with van der Waals surface area (Å²) in [5.74, 6) is 0.150. The predicted molar refractivity (Wildman–Crippen MR) is 112 cm³/mol. The summed E-state index contributed by atoms with van der Waals surface area (Å²) < 4.78 is 32.8. The van der Waals surface area contributed by atoms with E-state index in [1.54, 1.807) is 47.4 Å². The molecule has 7 nitrogen and oxygen atoms in total. The summed E-state index contributed by atoms with van der Waals surface area (Å²) in [4.78, 5) is 14.7. The molecule has 156 valence electrons. The molecule has 2 heterocycles. The van der Waals surface area contributed by atoms with E-state index in [0.717, 1.165) is 36.9 Å². The van der Waals surface area contributed by atoms with Crippen molar-refractivity contribution in [1.82, 2.24) is 4.31 Å². The zero-order valence-electron chi connectivity index (χ0n) is 16.6. The van der Waals surface area contributed by atoms with Crippen LogP contribution < -0.4 is 9.64 Å². The molecule has 0 aromatic heterocycles. The van der Waals surface area contributed by atoms with Gasteiger partial charge in [0.25, 0.3) is 5.91 Å². The standard InChI is InChI=1S/C22H23N3O4S/c23-15-18-6-1-2-8-21(18)29-16-22(26)25-13-5-7-17-14-19(9-10-20(17)25)30(27,28)24-11-3-4-12-24/h1-2,6,8-10,14H,3-5,7,11-13,16H2. The Morgan fingerprint density at radius 2 is 1.83 bits per heavy atom. The number of nitriles is 1. The lowest BCUT2D eigenvalue weighted by Gasteiger charge is -2.30. The van der Waals surface area contributed by atoms with E-state index in [0.29, 0.717) is 30.9 Å². The lowest BCUT2D eigenvalue weighted by molar-refractivity contribution is -0.120. The van der Waals surface area contributed by atoms with E-state index >= 15 is 0 Å². The summed E-state index contributed by atoms with van der Waals surface area (Å²) in [5.41, 5.74) is 1.96. The van der Waals surface area contributed by atoms with E-state index in [1.165, 1.54) is 4.31 Å². The Balaban J connectivity index is 1.52. The minimum atomic E-state index is -3.49. The van der Waals surface area contributed by atoms with Gasteiger partial charge in [0.1, 0.15) is 11.8 Å². The van der Waals surface area contributed by atoms with Gasteiger partial charge in [0.05, 0.1) is 10.5 Å². The van der Waals surface area contributed by atoms with Gasteiger partial charge in [-0.1, -0.05) is 12.1 Å². The molecule has 1 amide bonds. The van der Waals surface area contributed by atoms with Crippen molar-refractivity contribution in [3.63, 3.8) is 0 Å². The van der Waals surface area contributed by atoms with Crippen molar-refractivity contribution >= 4 is 21.6 Å². The highest BCUT2D eigenvalue weighted by Crippen LogP contribution is 2.31. The molecule has 8 heteroatoms. The number of carbonyl (C=O) groups is 1. The van der Waals surface area contributed by atoms with Crippen molar-refractivity contribution in [1.29, 1.82) is 5.26 Å². The number of benzene rings is 2. The first-order valence-electron chi connectivity index (χ1n) is 10.1. The van der Waals surface area contributed by atoms with Crippen LogP contribution in [-0.4, -0.2) is 44.9 Å². The van der Waals surface area contributed by atoms with E-state index < -0.39 is 10.0 Å². The molecule has 0 spiro atoms. The number of para-hydroxylation sites is 1. The molecule has 1 fully saturated rings. The molecule has 0 aliphatic carbocycles. The van der Waals surface area contributed by atoms with Gasteiger partial charge in [-0.05, 0) is 61.6 Å². The average molecular weight is 426 g/mol. The predicted octanol–water partition coefficient (Wildman–Crippen LogP) is 2.70. The van der Waals surface area contributed by atoms with Crippen LogP contribution in [0.3, 0.4) is 0 Å². The topological polar surface area (TPSA) is 90.7 Å². The summed E-state index contributed by atoms with van der Waals surface area (Å²) in [5, 5.41) is 9.15. The second-order valence-corrected chi connectivity index (χ2v) is 9.39. The van der Waals surface area contributed by atoms with Gasteiger partial charge in [-0.25, -0.2) is 8.42 Å². The molecule has 0 bridgehead atoms. The summed E-state index contributed by atoms with van der Waals surface area (Å²) in [6.45, 7) is 1.48. The number of sulfonamides is 1. The van der Waals surface area contributed by atoms with Gasteiger partial charge >= 0.3 is 0 Å². The molecule has 4 rings (SSSR count). The second kappa shape index (κ2) is 8.46. The Kier molecular flexibility index (Phi) is 5.75. The van der Waals surface area contributed by atoms with Crippen LogP contribution in [0.4, 0.5) is 5.69 Å². The van der Waals surface area contributed by atoms with Crippen LogP contribution in [0.25, 0.3) is 0 Å². The smallest absolute Gasteiger partial charge is 0.264 e. The second-order valence-electron chi connectivity index (χ2n) is 7.45. The molecule has 2 aliphatic rings. The third kappa shape index (κ3) is 3.91. The van der Waals surface area contributed by atoms with Gasteiger partial charge in [0, 0.05) is 25.3 Å². The average Bonchev–Trinajstić information content (AvgIpc) is 3.32. The Morgan fingerprint density at radius 1 is 1.07 bits per heavy atom. The van der Waals surface area contributed by atoms with Crippen LogP contribution in [0.2, 0.25) is 0 Å². The zero-order valence-corrected chi connectivity index (χ0v) is 17.4. The van der Waals surface area contributed by atoms with Crippen molar-refractivity contribution in [2.45, 2.75) is 30.6 Å². The number of ether oxygens (including phenoxy) is 1. The first-order chi connectivity index (χ1) is 14.5. The van der Waals surface area contributed by atoms with Crippen LogP contribution in [0.1, 0.15) is 30.4 Å². The maximum atomic E-state index is 12.9. The largest absolute Gasteiger partial charge is 0.482 e. The number of carbonyl (C=O) groups excluding carboxylic acids is 1. The number of rotatable bonds is 5. The molecule has 2 aliphatic heterocycles. The number of amides is 1. The minimum Gasteiger partial charge on any atom is -0.482 e. The normalized spacial score (nSPS) is 16.7. The number of hydrogen-bond donors (Lipinski definition) is 0. The fourth-order valence-corrected chi connectivity index (χ4v) is 5.54. The van der Waals surface area contributed by atoms with Crippen molar-refractivity contribution in [3.05, 3.63) is 53.6 Å². The maximum Gasteiger partial charge on any atom is 0.264 e. The van der Waals surface area contributed by atoms with E-state index in [4.69, 9.17) is 10.00 Å². The summed E-state index contributed by atoms with van der Waals surface area (Å²) in [6, 6.07) is 13.8. The van der Waals surface area contributed by atoms with E-state index in [2.05, 4.69) is 0 Å². The molecule has 0 saturated carbocycles. The van der Waals surface area contributed by atoms with E-state index in [9.17, 15) is 13.2 Å². The molecule has 0 unspecified atom stereocenters. The van der Waals surface area contributed by atoms with Crippen molar-refractivity contribution in [2.24, 2.45) is 0 Å². The van der Waals surface area contributed by atoms with Gasteiger partial charge in [0.2, 0.25) is 10.0 Å². The Bertz CT molecular complexity index is 1100. The zero-order chi connectivity index (χ0) is 21.1. The lowest BCUT2D eigenvalue weighted by Crippen LogP contribution is -2.39. The molecule has 0 N–H and O–H groups in total. The fourth-order valence-electron chi connectivity index (χ4n) is 3.97. The van der Waals surface area contributed by atoms with Crippen LogP contribution in [0.5, 0.6) is 5.75 Å². The van der Waals surface area contributed by atoms with Crippen LogP contribution in [-0.2, 0) is 21.2 Å².